The Kier molecular flexibility index (Phi) is 3.28. The third-order valence-electron chi connectivity index (χ3n) is 2.45. The van der Waals surface area contributed by atoms with E-state index in [-0.39, 0.29) is 17.8 Å². The first-order valence-electron chi connectivity index (χ1n) is 4.54. The highest BCUT2D eigenvalue weighted by Crippen LogP contribution is 2.16. The zero-order chi connectivity index (χ0) is 9.84. The van der Waals surface area contributed by atoms with Gasteiger partial charge in [0.15, 0.2) is 0 Å². The summed E-state index contributed by atoms with van der Waals surface area (Å²) >= 11 is 0. The van der Waals surface area contributed by atoms with Crippen molar-refractivity contribution in [1.29, 1.82) is 0 Å². The normalized spacial score (nSPS) is 23.1. The Hall–Kier alpha value is -1.06. The van der Waals surface area contributed by atoms with Crippen LogP contribution in [0.4, 0.5) is 4.79 Å². The molecule has 0 aliphatic carbocycles. The van der Waals surface area contributed by atoms with E-state index in [0.717, 1.165) is 6.42 Å². The van der Waals surface area contributed by atoms with Crippen molar-refractivity contribution < 1.29 is 14.3 Å². The van der Waals surface area contributed by atoms with Crippen molar-refractivity contribution in [3.8, 4) is 0 Å². The molecule has 1 heterocycles. The first-order valence-corrected chi connectivity index (χ1v) is 4.54. The maximum Gasteiger partial charge on any atom is 0.409 e. The number of methoxy groups -OCH3 is 1. The minimum atomic E-state index is -0.328. The van der Waals surface area contributed by atoms with E-state index in [0.29, 0.717) is 19.5 Å². The third-order valence-corrected chi connectivity index (χ3v) is 2.45. The summed E-state index contributed by atoms with van der Waals surface area (Å²) in [7, 11) is 1.36. The van der Waals surface area contributed by atoms with Crippen LogP contribution in [-0.4, -0.2) is 37.0 Å². The number of hydrogen-bond acceptors (Lipinski definition) is 3. The first-order chi connectivity index (χ1) is 6.19. The van der Waals surface area contributed by atoms with Gasteiger partial charge in [-0.1, -0.05) is 6.92 Å². The molecular weight excluding hydrogens is 170 g/mol. The molecule has 4 heteroatoms. The van der Waals surface area contributed by atoms with Crippen molar-refractivity contribution in [1.82, 2.24) is 4.90 Å². The topological polar surface area (TPSA) is 46.6 Å². The second kappa shape index (κ2) is 4.25. The largest absolute Gasteiger partial charge is 0.453 e. The SMILES string of the molecule is CCC1CN(C(=O)OC)CCC1=O. The van der Waals surface area contributed by atoms with E-state index in [9.17, 15) is 9.59 Å². The molecule has 1 unspecified atom stereocenters. The Balaban J connectivity index is 2.54. The fourth-order valence-corrected chi connectivity index (χ4v) is 1.56. The fraction of sp³-hybridized carbons (Fsp3) is 0.778. The molecule has 13 heavy (non-hydrogen) atoms. The Morgan fingerprint density at radius 3 is 2.92 bits per heavy atom. The first kappa shape index (κ1) is 10.0. The summed E-state index contributed by atoms with van der Waals surface area (Å²) in [5.41, 5.74) is 0. The molecule has 1 fully saturated rings. The zero-order valence-electron chi connectivity index (χ0n) is 8.08. The summed E-state index contributed by atoms with van der Waals surface area (Å²) in [6.07, 6.45) is 0.936. The van der Waals surface area contributed by atoms with Crippen molar-refractivity contribution in [3.05, 3.63) is 0 Å². The van der Waals surface area contributed by atoms with Gasteiger partial charge in [0.25, 0.3) is 0 Å². The van der Waals surface area contributed by atoms with Gasteiger partial charge in [0.05, 0.1) is 7.11 Å². The molecular formula is C9H15NO3. The van der Waals surface area contributed by atoms with Crippen LogP contribution < -0.4 is 0 Å². The molecule has 74 valence electrons. The predicted molar refractivity (Wildman–Crippen MR) is 47.4 cm³/mol. The number of carbonyl (C=O) groups is 2. The summed E-state index contributed by atoms with van der Waals surface area (Å²) in [5, 5.41) is 0. The van der Waals surface area contributed by atoms with Crippen LogP contribution in [-0.2, 0) is 9.53 Å². The molecule has 1 amide bonds. The highest BCUT2D eigenvalue weighted by molar-refractivity contribution is 5.83. The van der Waals surface area contributed by atoms with E-state index in [4.69, 9.17) is 0 Å². The average molecular weight is 185 g/mol. The molecule has 0 bridgehead atoms. The Bertz CT molecular complexity index is 215. The highest BCUT2D eigenvalue weighted by Gasteiger charge is 2.28. The minimum absolute atomic E-state index is 0.00727. The van der Waals surface area contributed by atoms with Gasteiger partial charge in [-0.3, -0.25) is 4.79 Å². The van der Waals surface area contributed by atoms with Crippen LogP contribution in [0.3, 0.4) is 0 Å². The van der Waals surface area contributed by atoms with Gasteiger partial charge < -0.3 is 9.64 Å². The molecule has 0 aromatic heterocycles. The van der Waals surface area contributed by atoms with Crippen molar-refractivity contribution in [2.45, 2.75) is 19.8 Å². The van der Waals surface area contributed by atoms with Crippen LogP contribution in [0.15, 0.2) is 0 Å². The highest BCUT2D eigenvalue weighted by atomic mass is 16.5. The number of likely N-dealkylation sites (tertiary alicyclic amines) is 1. The Labute approximate surface area is 77.8 Å². The number of piperidine rings is 1. The second-order valence-corrected chi connectivity index (χ2v) is 3.24. The summed E-state index contributed by atoms with van der Waals surface area (Å²) < 4.78 is 4.59. The number of hydrogen-bond donors (Lipinski definition) is 0. The van der Waals surface area contributed by atoms with E-state index in [1.54, 1.807) is 4.90 Å². The van der Waals surface area contributed by atoms with Crippen LogP contribution in [0, 0.1) is 5.92 Å². The standard InChI is InChI=1S/C9H15NO3/c1-3-7-6-10(9(12)13-2)5-4-8(7)11/h7H,3-6H2,1-2H3. The van der Waals surface area contributed by atoms with Crippen LogP contribution in [0.1, 0.15) is 19.8 Å². The van der Waals surface area contributed by atoms with Gasteiger partial charge >= 0.3 is 6.09 Å². The Morgan fingerprint density at radius 2 is 2.38 bits per heavy atom. The summed E-state index contributed by atoms with van der Waals surface area (Å²) in [5.74, 6) is 0.274. The van der Waals surface area contributed by atoms with Crippen molar-refractivity contribution in [2.24, 2.45) is 5.92 Å². The quantitative estimate of drug-likeness (QED) is 0.613. The average Bonchev–Trinajstić information content (AvgIpc) is 2.17. The fourth-order valence-electron chi connectivity index (χ4n) is 1.56. The molecule has 1 saturated heterocycles. The number of amides is 1. The Morgan fingerprint density at radius 1 is 1.69 bits per heavy atom. The number of carbonyl (C=O) groups excluding carboxylic acids is 2. The molecule has 4 nitrogen and oxygen atoms in total. The second-order valence-electron chi connectivity index (χ2n) is 3.24. The van der Waals surface area contributed by atoms with Crippen molar-refractivity contribution >= 4 is 11.9 Å². The third kappa shape index (κ3) is 2.20. The summed E-state index contributed by atoms with van der Waals surface area (Å²) in [4.78, 5) is 24.0. The molecule has 1 aliphatic rings. The van der Waals surface area contributed by atoms with E-state index < -0.39 is 0 Å². The zero-order valence-corrected chi connectivity index (χ0v) is 8.08. The predicted octanol–water partition coefficient (Wildman–Crippen LogP) is 1.05. The maximum atomic E-state index is 11.3. The lowest BCUT2D eigenvalue weighted by Gasteiger charge is -2.29. The van der Waals surface area contributed by atoms with Crippen LogP contribution in [0.25, 0.3) is 0 Å². The van der Waals surface area contributed by atoms with Crippen LogP contribution in [0.5, 0.6) is 0 Å². The lowest BCUT2D eigenvalue weighted by Crippen LogP contribution is -2.43. The van der Waals surface area contributed by atoms with Crippen molar-refractivity contribution in [3.63, 3.8) is 0 Å². The monoisotopic (exact) mass is 185 g/mol. The van der Waals surface area contributed by atoms with E-state index in [2.05, 4.69) is 4.74 Å². The van der Waals surface area contributed by atoms with Gasteiger partial charge in [-0.15, -0.1) is 0 Å². The molecule has 1 atom stereocenters. The molecule has 0 aromatic rings. The molecule has 0 N–H and O–H groups in total. The molecule has 0 saturated carbocycles. The summed E-state index contributed by atoms with van der Waals surface area (Å²) in [6.45, 7) is 2.98. The molecule has 0 radical (unpaired) electrons. The lowest BCUT2D eigenvalue weighted by molar-refractivity contribution is -0.125. The molecule has 0 spiro atoms. The van der Waals surface area contributed by atoms with E-state index in [1.807, 2.05) is 6.92 Å². The minimum Gasteiger partial charge on any atom is -0.453 e. The van der Waals surface area contributed by atoms with Gasteiger partial charge in [-0.25, -0.2) is 4.79 Å². The lowest BCUT2D eigenvalue weighted by atomic mass is 9.94. The van der Waals surface area contributed by atoms with Gasteiger partial charge in [0.1, 0.15) is 5.78 Å². The van der Waals surface area contributed by atoms with Gasteiger partial charge in [0.2, 0.25) is 0 Å². The number of ketones is 1. The molecule has 0 aromatic carbocycles. The van der Waals surface area contributed by atoms with Crippen LogP contribution in [0.2, 0.25) is 0 Å². The number of Topliss-reactive ketones (excluding diaryl/α,β-unsaturated/α-hetero) is 1. The van der Waals surface area contributed by atoms with Crippen molar-refractivity contribution in [2.75, 3.05) is 20.2 Å². The van der Waals surface area contributed by atoms with E-state index >= 15 is 0 Å². The van der Waals surface area contributed by atoms with Gasteiger partial charge in [0, 0.05) is 25.4 Å². The van der Waals surface area contributed by atoms with Crippen LogP contribution >= 0.6 is 0 Å². The van der Waals surface area contributed by atoms with Gasteiger partial charge in [-0.05, 0) is 6.42 Å². The van der Waals surface area contributed by atoms with Gasteiger partial charge in [-0.2, -0.15) is 0 Å². The molecule has 1 rings (SSSR count). The summed E-state index contributed by atoms with van der Waals surface area (Å²) in [6, 6.07) is 0. The smallest absolute Gasteiger partial charge is 0.409 e. The number of ether oxygens (including phenoxy) is 1. The molecule has 1 aliphatic heterocycles. The maximum absolute atomic E-state index is 11.3. The number of rotatable bonds is 1. The number of nitrogens with zero attached hydrogens (tertiary/aromatic N) is 1. The van der Waals surface area contributed by atoms with E-state index in [1.165, 1.54) is 7.11 Å².